The Morgan fingerprint density at radius 2 is 2.11 bits per heavy atom. The fourth-order valence-corrected chi connectivity index (χ4v) is 3.50. The third kappa shape index (κ3) is 2.24. The summed E-state index contributed by atoms with van der Waals surface area (Å²) in [7, 11) is 4.04. The highest BCUT2D eigenvalue weighted by Gasteiger charge is 2.28. The molecular formula is C15H22ClNO. The lowest BCUT2D eigenvalue weighted by atomic mass is 9.80. The fourth-order valence-electron chi connectivity index (χ4n) is 3.50. The van der Waals surface area contributed by atoms with Crippen LogP contribution in [0.3, 0.4) is 0 Å². The second kappa shape index (κ2) is 5.50. The summed E-state index contributed by atoms with van der Waals surface area (Å²) in [4.78, 5) is 2.47. The highest BCUT2D eigenvalue weighted by Crippen LogP contribution is 2.40. The van der Waals surface area contributed by atoms with E-state index in [0.29, 0.717) is 0 Å². The zero-order valence-electron chi connectivity index (χ0n) is 11.2. The van der Waals surface area contributed by atoms with Crippen molar-refractivity contribution in [3.8, 4) is 5.75 Å². The zero-order valence-corrected chi connectivity index (χ0v) is 12.1. The molecule has 0 aromatic heterocycles. The third-order valence-corrected chi connectivity index (χ3v) is 4.31. The van der Waals surface area contributed by atoms with Crippen LogP contribution in [0.2, 0.25) is 0 Å². The molecule has 1 aliphatic carbocycles. The molecule has 18 heavy (non-hydrogen) atoms. The number of hydrogen-bond acceptors (Lipinski definition) is 2. The second-order valence-corrected chi connectivity index (χ2v) is 5.42. The van der Waals surface area contributed by atoms with Gasteiger partial charge in [-0.3, -0.25) is 0 Å². The summed E-state index contributed by atoms with van der Waals surface area (Å²) in [6, 6.07) is 4.46. The van der Waals surface area contributed by atoms with Crippen LogP contribution in [0, 0.1) is 0 Å². The monoisotopic (exact) mass is 267 g/mol. The van der Waals surface area contributed by atoms with Crippen molar-refractivity contribution in [1.82, 2.24) is 4.90 Å². The first-order chi connectivity index (χ1) is 8.29. The Morgan fingerprint density at radius 3 is 2.89 bits per heavy atom. The number of benzene rings is 1. The van der Waals surface area contributed by atoms with Gasteiger partial charge in [0.15, 0.2) is 0 Å². The first kappa shape index (κ1) is 13.7. The Hall–Kier alpha value is -0.730. The minimum Gasteiger partial charge on any atom is -0.496 e. The van der Waals surface area contributed by atoms with Gasteiger partial charge in [0.25, 0.3) is 0 Å². The van der Waals surface area contributed by atoms with Crippen LogP contribution in [0.1, 0.15) is 35.4 Å². The predicted octanol–water partition coefficient (Wildman–Crippen LogP) is 3.02. The number of aryl methyl sites for hydroxylation is 1. The van der Waals surface area contributed by atoms with Crippen molar-refractivity contribution < 1.29 is 4.74 Å². The number of halogens is 1. The summed E-state index contributed by atoms with van der Waals surface area (Å²) >= 11 is 0. The van der Waals surface area contributed by atoms with E-state index >= 15 is 0 Å². The lowest BCUT2D eigenvalue weighted by Crippen LogP contribution is -2.25. The average Bonchev–Trinajstić information content (AvgIpc) is 2.51. The zero-order chi connectivity index (χ0) is 11.8. The van der Waals surface area contributed by atoms with Crippen LogP contribution in [0.4, 0.5) is 0 Å². The fraction of sp³-hybridized carbons (Fsp3) is 0.600. The van der Waals surface area contributed by atoms with Gasteiger partial charge in [0.1, 0.15) is 5.75 Å². The maximum Gasteiger partial charge on any atom is 0.122 e. The van der Waals surface area contributed by atoms with Gasteiger partial charge in [0.2, 0.25) is 0 Å². The Balaban J connectivity index is 0.00000120. The topological polar surface area (TPSA) is 12.5 Å². The predicted molar refractivity (Wildman–Crippen MR) is 77.1 cm³/mol. The minimum absolute atomic E-state index is 0. The van der Waals surface area contributed by atoms with E-state index in [2.05, 4.69) is 24.1 Å². The molecule has 0 saturated heterocycles. The minimum atomic E-state index is 0. The first-order valence-electron chi connectivity index (χ1n) is 6.67. The molecule has 1 aromatic rings. The Kier molecular flexibility index (Phi) is 4.18. The smallest absolute Gasteiger partial charge is 0.122 e. The van der Waals surface area contributed by atoms with Crippen LogP contribution in [0.15, 0.2) is 12.1 Å². The highest BCUT2D eigenvalue weighted by atomic mass is 35.5. The van der Waals surface area contributed by atoms with E-state index < -0.39 is 0 Å². The van der Waals surface area contributed by atoms with Crippen molar-refractivity contribution in [3.63, 3.8) is 0 Å². The molecule has 0 fully saturated rings. The maximum atomic E-state index is 5.56. The molecular weight excluding hydrogens is 246 g/mol. The molecule has 0 amide bonds. The van der Waals surface area contributed by atoms with Gasteiger partial charge in [-0.2, -0.15) is 0 Å². The molecule has 1 aliphatic heterocycles. The molecule has 0 bridgehead atoms. The number of likely N-dealkylation sites (N-methyl/N-ethyl adjacent to an activating group) is 1. The molecule has 0 saturated carbocycles. The van der Waals surface area contributed by atoms with E-state index in [-0.39, 0.29) is 12.4 Å². The number of nitrogens with zero attached hydrogens (tertiary/aromatic N) is 1. The molecule has 1 unspecified atom stereocenters. The van der Waals surface area contributed by atoms with Crippen molar-refractivity contribution in [2.45, 2.75) is 31.6 Å². The summed E-state index contributed by atoms with van der Waals surface area (Å²) in [5, 5.41) is 0. The summed E-state index contributed by atoms with van der Waals surface area (Å²) in [6.07, 6.45) is 5.08. The maximum absolute atomic E-state index is 5.56. The van der Waals surface area contributed by atoms with Crippen LogP contribution in [-0.2, 0) is 12.8 Å². The Labute approximate surface area is 116 Å². The van der Waals surface area contributed by atoms with E-state index in [1.807, 2.05) is 0 Å². The quantitative estimate of drug-likeness (QED) is 0.776. The molecule has 0 N–H and O–H groups in total. The van der Waals surface area contributed by atoms with Crippen molar-refractivity contribution in [1.29, 1.82) is 0 Å². The van der Waals surface area contributed by atoms with Gasteiger partial charge >= 0.3 is 0 Å². The van der Waals surface area contributed by atoms with Gasteiger partial charge < -0.3 is 9.64 Å². The van der Waals surface area contributed by atoms with Crippen LogP contribution in [0.5, 0.6) is 5.75 Å². The van der Waals surface area contributed by atoms with Crippen LogP contribution >= 0.6 is 12.4 Å². The van der Waals surface area contributed by atoms with Gasteiger partial charge in [-0.1, -0.05) is 6.07 Å². The molecule has 2 nitrogen and oxygen atoms in total. The number of ether oxygens (including phenoxy) is 1. The Bertz CT molecular complexity index is 433. The van der Waals surface area contributed by atoms with Crippen molar-refractivity contribution in [2.75, 3.05) is 27.2 Å². The summed E-state index contributed by atoms with van der Waals surface area (Å²) in [5.74, 6) is 1.84. The van der Waals surface area contributed by atoms with Crippen LogP contribution in [-0.4, -0.2) is 32.1 Å². The molecule has 3 rings (SSSR count). The van der Waals surface area contributed by atoms with Crippen LogP contribution in [0.25, 0.3) is 0 Å². The second-order valence-electron chi connectivity index (χ2n) is 5.42. The largest absolute Gasteiger partial charge is 0.496 e. The van der Waals surface area contributed by atoms with E-state index in [1.165, 1.54) is 31.4 Å². The molecule has 0 spiro atoms. The first-order valence-corrected chi connectivity index (χ1v) is 6.67. The highest BCUT2D eigenvalue weighted by molar-refractivity contribution is 5.85. The lowest BCUT2D eigenvalue weighted by molar-refractivity contribution is 0.313. The summed E-state index contributed by atoms with van der Waals surface area (Å²) in [5.41, 5.74) is 4.69. The molecule has 1 aromatic carbocycles. The van der Waals surface area contributed by atoms with E-state index in [1.54, 1.807) is 18.2 Å². The Morgan fingerprint density at radius 1 is 1.28 bits per heavy atom. The lowest BCUT2D eigenvalue weighted by Gasteiger charge is -2.28. The number of rotatable bonds is 1. The SMILES string of the molecule is COc1ccc2c3c1CCN(C)CC3CCC2.Cl. The van der Waals surface area contributed by atoms with Crippen molar-refractivity contribution in [2.24, 2.45) is 0 Å². The standard InChI is InChI=1S/C15H21NO.ClH/c1-16-9-8-13-14(17-2)7-6-11-4-3-5-12(10-16)15(11)13;/h6-7,12H,3-5,8-10H2,1-2H3;1H. The van der Waals surface area contributed by atoms with Crippen molar-refractivity contribution in [3.05, 3.63) is 28.8 Å². The van der Waals surface area contributed by atoms with Gasteiger partial charge in [0, 0.05) is 13.1 Å². The molecule has 1 atom stereocenters. The van der Waals surface area contributed by atoms with Crippen molar-refractivity contribution >= 4 is 12.4 Å². The molecule has 2 aliphatic rings. The van der Waals surface area contributed by atoms with Gasteiger partial charge in [-0.05, 0) is 61.4 Å². The third-order valence-electron chi connectivity index (χ3n) is 4.31. The summed E-state index contributed by atoms with van der Waals surface area (Å²) in [6.45, 7) is 2.37. The van der Waals surface area contributed by atoms with E-state index in [0.717, 1.165) is 24.6 Å². The average molecular weight is 268 g/mol. The van der Waals surface area contributed by atoms with Gasteiger partial charge in [-0.15, -0.1) is 12.4 Å². The van der Waals surface area contributed by atoms with Gasteiger partial charge in [-0.25, -0.2) is 0 Å². The van der Waals surface area contributed by atoms with E-state index in [4.69, 9.17) is 4.74 Å². The summed E-state index contributed by atoms with van der Waals surface area (Å²) < 4.78 is 5.56. The number of methoxy groups -OCH3 is 1. The molecule has 100 valence electrons. The normalized spacial score (nSPS) is 22.7. The number of hydrogen-bond donors (Lipinski definition) is 0. The van der Waals surface area contributed by atoms with Gasteiger partial charge in [0.05, 0.1) is 7.11 Å². The molecule has 0 radical (unpaired) electrons. The van der Waals surface area contributed by atoms with Crippen LogP contribution < -0.4 is 4.74 Å². The van der Waals surface area contributed by atoms with E-state index in [9.17, 15) is 0 Å². The molecule has 3 heteroatoms. The molecule has 1 heterocycles.